The second kappa shape index (κ2) is 4.25. The number of para-hydroxylation sites is 1. The molecule has 2 atom stereocenters. The number of benzene rings is 2. The molecule has 0 bridgehead atoms. The van der Waals surface area contributed by atoms with Gasteiger partial charge in [0.25, 0.3) is 10.4 Å². The average Bonchev–Trinajstić information content (AvgIpc) is 2.38. The third-order valence-corrected chi connectivity index (χ3v) is 4.93. The van der Waals surface area contributed by atoms with Crippen molar-refractivity contribution in [2.24, 2.45) is 0 Å². The van der Waals surface area contributed by atoms with Crippen LogP contribution < -0.4 is 5.30 Å². The molecule has 0 saturated heterocycles. The van der Waals surface area contributed by atoms with E-state index in [9.17, 15) is 14.0 Å². The van der Waals surface area contributed by atoms with Crippen molar-refractivity contribution >= 4 is 42.5 Å². The van der Waals surface area contributed by atoms with E-state index in [1.165, 1.54) is 6.07 Å². The first-order valence-corrected chi connectivity index (χ1v) is 7.61. The lowest BCUT2D eigenvalue weighted by Gasteiger charge is -1.94. The molecule has 0 radical (unpaired) electrons. The molecule has 88 valence electrons. The van der Waals surface area contributed by atoms with Crippen LogP contribution in [0.1, 0.15) is 0 Å². The van der Waals surface area contributed by atoms with Gasteiger partial charge in [0.15, 0.2) is 5.58 Å². The largest absolute Gasteiger partial charge is 0.603 e. The third kappa shape index (κ3) is 1.67. The van der Waals surface area contributed by atoms with E-state index in [4.69, 9.17) is 4.20 Å². The summed E-state index contributed by atoms with van der Waals surface area (Å²) in [5.41, 5.74) is 0.538. The van der Waals surface area contributed by atoms with Gasteiger partial charge in [0.05, 0.1) is 0 Å². The van der Waals surface area contributed by atoms with E-state index >= 15 is 0 Å². The van der Waals surface area contributed by atoms with Gasteiger partial charge in [0.1, 0.15) is 0 Å². The third-order valence-electron chi connectivity index (χ3n) is 2.76. The highest BCUT2D eigenvalue weighted by Crippen LogP contribution is 2.36. The maximum Gasteiger partial charge on any atom is 0.603 e. The Morgan fingerprint density at radius 2 is 1.78 bits per heavy atom. The predicted molar refractivity (Wildman–Crippen MR) is 70.8 cm³/mol. The summed E-state index contributed by atoms with van der Waals surface area (Å²) in [7, 11) is -4.68. The summed E-state index contributed by atoms with van der Waals surface area (Å²) in [5, 5.41) is 2.00. The first-order valence-electron chi connectivity index (χ1n) is 5.22. The maximum absolute atomic E-state index is 12.1. The fraction of sp³-hybridized carbons (Fsp3) is 0. The molecule has 0 spiro atoms. The second-order valence-corrected chi connectivity index (χ2v) is 5.96. The number of fused-ring (bicyclic) bond motifs is 3. The Bertz CT molecular complexity index is 838. The molecule has 4 nitrogen and oxygen atoms in total. The van der Waals surface area contributed by atoms with E-state index in [1.807, 2.05) is 12.1 Å². The average molecular weight is 278 g/mol. The Hall–Kier alpha value is -1.60. The Labute approximate surface area is 104 Å². The van der Waals surface area contributed by atoms with Crippen molar-refractivity contribution in [3.05, 3.63) is 42.5 Å². The van der Waals surface area contributed by atoms with Gasteiger partial charge in [-0.2, -0.15) is 4.89 Å². The fourth-order valence-corrected chi connectivity index (χ4v) is 4.10. The normalized spacial score (nSPS) is 12.9. The summed E-state index contributed by atoms with van der Waals surface area (Å²) in [6.45, 7) is 0. The molecule has 0 aliphatic heterocycles. The zero-order valence-corrected chi connectivity index (χ0v) is 10.9. The molecule has 0 fully saturated rings. The van der Waals surface area contributed by atoms with Crippen LogP contribution in [-0.2, 0) is 9.13 Å². The Kier molecular flexibility index (Phi) is 2.71. The Balaban J connectivity index is 2.64. The van der Waals surface area contributed by atoms with E-state index in [0.717, 1.165) is 5.39 Å². The summed E-state index contributed by atoms with van der Waals surface area (Å²) in [6, 6.07) is 12.2. The van der Waals surface area contributed by atoms with Gasteiger partial charge in [-0.1, -0.05) is 24.3 Å². The minimum atomic E-state index is -2.54. The molecule has 0 amide bonds. The van der Waals surface area contributed by atoms with Crippen molar-refractivity contribution in [2.75, 3.05) is 0 Å². The molecule has 2 aromatic carbocycles. The smallest absolute Gasteiger partial charge is 0.249 e. The number of hydrogen-bond donors (Lipinski definition) is 1. The van der Waals surface area contributed by atoms with Crippen LogP contribution in [0.15, 0.2) is 46.7 Å². The van der Waals surface area contributed by atoms with Gasteiger partial charge < -0.3 is 0 Å². The quantitative estimate of drug-likeness (QED) is 0.544. The highest BCUT2D eigenvalue weighted by molar-refractivity contribution is 7.51. The minimum absolute atomic E-state index is 0.179. The molecular weight excluding hydrogens is 270 g/mol. The van der Waals surface area contributed by atoms with E-state index < -0.39 is 15.7 Å². The van der Waals surface area contributed by atoms with Gasteiger partial charge in [-0.05, 0) is 27.3 Å². The van der Waals surface area contributed by atoms with Crippen LogP contribution in [0.5, 0.6) is 0 Å². The molecule has 0 aliphatic carbocycles. The predicted octanol–water partition coefficient (Wildman–Crippen LogP) is 3.69. The van der Waals surface area contributed by atoms with Gasteiger partial charge in [-0.3, -0.25) is 0 Å². The molecule has 3 aromatic rings. The fourth-order valence-electron chi connectivity index (χ4n) is 2.00. The molecule has 3 rings (SSSR count). The summed E-state index contributed by atoms with van der Waals surface area (Å²) in [6.07, 6.45) is 0. The molecule has 1 aromatic heterocycles. The first kappa shape index (κ1) is 11.5. The zero-order chi connectivity index (χ0) is 12.7. The SMILES string of the molecule is O=[P+](O)c1cccc2c3ccccc3o[p+](=O)c12. The summed E-state index contributed by atoms with van der Waals surface area (Å²) < 4.78 is 28.7. The van der Waals surface area contributed by atoms with Crippen LogP contribution in [0, 0.1) is 0 Å². The highest BCUT2D eigenvalue weighted by atomic mass is 31.1. The topological polar surface area (TPSA) is 67.5 Å². The Morgan fingerprint density at radius 3 is 2.56 bits per heavy atom. The minimum Gasteiger partial charge on any atom is -0.249 e. The van der Waals surface area contributed by atoms with Crippen molar-refractivity contribution in [1.29, 1.82) is 0 Å². The molecule has 1 heterocycles. The van der Waals surface area contributed by atoms with Crippen LogP contribution >= 0.6 is 15.7 Å². The monoisotopic (exact) mass is 278 g/mol. The van der Waals surface area contributed by atoms with Crippen molar-refractivity contribution in [3.63, 3.8) is 0 Å². The molecule has 1 N–H and O–H groups in total. The van der Waals surface area contributed by atoms with Crippen molar-refractivity contribution in [1.82, 2.24) is 0 Å². The van der Waals surface area contributed by atoms with Gasteiger partial charge in [0, 0.05) is 10.8 Å². The van der Waals surface area contributed by atoms with E-state index in [-0.39, 0.29) is 5.30 Å². The van der Waals surface area contributed by atoms with E-state index in [2.05, 4.69) is 0 Å². The lowest BCUT2D eigenvalue weighted by Crippen LogP contribution is -1.96. The lowest BCUT2D eigenvalue weighted by atomic mass is 10.1. The first-order chi connectivity index (χ1) is 8.68. The van der Waals surface area contributed by atoms with Crippen LogP contribution in [0.2, 0.25) is 0 Å². The maximum atomic E-state index is 12.1. The molecular formula is C12H8O4P2+2. The van der Waals surface area contributed by atoms with Crippen molar-refractivity contribution in [3.8, 4) is 0 Å². The Morgan fingerprint density at radius 1 is 1.06 bits per heavy atom. The number of rotatable bonds is 1. The van der Waals surface area contributed by atoms with E-state index in [1.54, 1.807) is 24.3 Å². The van der Waals surface area contributed by atoms with Crippen LogP contribution in [0.4, 0.5) is 0 Å². The molecule has 0 saturated carbocycles. The molecule has 18 heavy (non-hydrogen) atoms. The van der Waals surface area contributed by atoms with Crippen LogP contribution in [0.3, 0.4) is 0 Å². The lowest BCUT2D eigenvalue weighted by molar-refractivity contribution is 0.513. The van der Waals surface area contributed by atoms with Gasteiger partial charge in [-0.15, -0.1) is 0 Å². The summed E-state index contributed by atoms with van der Waals surface area (Å²) in [5.74, 6) is 0. The second-order valence-electron chi connectivity index (χ2n) is 3.79. The van der Waals surface area contributed by atoms with Crippen molar-refractivity contribution in [2.45, 2.75) is 0 Å². The van der Waals surface area contributed by atoms with Gasteiger partial charge in [0.2, 0.25) is 0 Å². The van der Waals surface area contributed by atoms with Gasteiger partial charge >= 0.3 is 15.7 Å². The standard InChI is InChI=1S/C12H7O4P2/c13-17(14)11-7-3-5-9-8-4-1-2-6-10(8)16-18(15)12(9)11/h1-7H/q+1/p+1. The zero-order valence-electron chi connectivity index (χ0n) is 9.11. The molecule has 6 heteroatoms. The van der Waals surface area contributed by atoms with Crippen molar-refractivity contribution < 1.29 is 18.2 Å². The summed E-state index contributed by atoms with van der Waals surface area (Å²) >= 11 is 0. The molecule has 0 aliphatic rings. The van der Waals surface area contributed by atoms with Gasteiger partial charge in [-0.25, -0.2) is 4.20 Å². The summed E-state index contributed by atoms with van der Waals surface area (Å²) in [4.78, 5) is 9.27. The van der Waals surface area contributed by atoms with Crippen LogP contribution in [0.25, 0.3) is 21.5 Å². The van der Waals surface area contributed by atoms with Crippen LogP contribution in [-0.4, -0.2) is 4.89 Å². The number of hydrogen-bond acceptors (Lipinski definition) is 3. The highest BCUT2D eigenvalue weighted by Gasteiger charge is 2.31. The van der Waals surface area contributed by atoms with E-state index in [0.29, 0.717) is 16.1 Å². The molecule has 2 unspecified atom stereocenters.